The Balaban J connectivity index is 2.21. The van der Waals surface area contributed by atoms with Crippen LogP contribution in [0.1, 0.15) is 34.2 Å². The smallest absolute Gasteiger partial charge is 0.189 e. The zero-order chi connectivity index (χ0) is 14.0. The van der Waals surface area contributed by atoms with Gasteiger partial charge in [-0.25, -0.2) is 0 Å². The van der Waals surface area contributed by atoms with E-state index in [1.165, 1.54) is 0 Å². The minimum Gasteiger partial charge on any atom is -0.289 e. The molecule has 0 amide bonds. The number of nitrogens with zero attached hydrogens (tertiary/aromatic N) is 4. The second-order valence-corrected chi connectivity index (χ2v) is 4.47. The van der Waals surface area contributed by atoms with Gasteiger partial charge in [0.15, 0.2) is 5.78 Å². The van der Waals surface area contributed by atoms with Crippen molar-refractivity contribution in [3.05, 3.63) is 41.0 Å². The zero-order valence-corrected chi connectivity index (χ0v) is 11.7. The van der Waals surface area contributed by atoms with Gasteiger partial charge in [0, 0.05) is 30.5 Å². The highest BCUT2D eigenvalue weighted by atomic mass is 16.1. The Labute approximate surface area is 112 Å². The van der Waals surface area contributed by atoms with E-state index >= 15 is 0 Å². The van der Waals surface area contributed by atoms with Crippen LogP contribution in [0.4, 0.5) is 0 Å². The molecule has 2 heterocycles. The first-order chi connectivity index (χ1) is 9.04. The average Bonchev–Trinajstić information content (AvgIpc) is 2.91. The minimum absolute atomic E-state index is 0.0331. The molecule has 0 aliphatic heterocycles. The summed E-state index contributed by atoms with van der Waals surface area (Å²) in [5, 5.41) is 8.32. The number of aromatic nitrogens is 4. The first-order valence-electron chi connectivity index (χ1n) is 6.28. The lowest BCUT2D eigenvalue weighted by Gasteiger charge is -1.98. The minimum atomic E-state index is -0.0331. The number of carbonyl (C=O) groups excluding carboxylic acids is 1. The van der Waals surface area contributed by atoms with Crippen molar-refractivity contribution >= 4 is 11.9 Å². The van der Waals surface area contributed by atoms with Gasteiger partial charge < -0.3 is 0 Å². The average molecular weight is 258 g/mol. The summed E-state index contributed by atoms with van der Waals surface area (Å²) in [6, 6.07) is 0. The van der Waals surface area contributed by atoms with Gasteiger partial charge in [0.25, 0.3) is 0 Å². The molecule has 5 heteroatoms. The molecule has 0 N–H and O–H groups in total. The van der Waals surface area contributed by atoms with Crippen molar-refractivity contribution < 1.29 is 4.79 Å². The van der Waals surface area contributed by atoms with Gasteiger partial charge in [-0.15, -0.1) is 0 Å². The highest BCUT2D eigenvalue weighted by molar-refractivity contribution is 6.07. The molecule has 0 aromatic carbocycles. The second-order valence-electron chi connectivity index (χ2n) is 4.47. The Morgan fingerprint density at radius 3 is 2.53 bits per heavy atom. The Morgan fingerprint density at radius 1 is 1.26 bits per heavy atom. The Morgan fingerprint density at radius 2 is 2.00 bits per heavy atom. The molecule has 0 spiro atoms. The molecule has 0 atom stereocenters. The first kappa shape index (κ1) is 13.3. The zero-order valence-electron chi connectivity index (χ0n) is 11.7. The highest BCUT2D eigenvalue weighted by Gasteiger charge is 2.10. The van der Waals surface area contributed by atoms with Gasteiger partial charge in [0.1, 0.15) is 0 Å². The Kier molecular flexibility index (Phi) is 3.64. The molecule has 2 aromatic heterocycles. The Hall–Kier alpha value is -2.17. The number of ketones is 1. The summed E-state index contributed by atoms with van der Waals surface area (Å²) in [5.74, 6) is -0.0331. The molecule has 5 nitrogen and oxygen atoms in total. The van der Waals surface area contributed by atoms with Gasteiger partial charge in [0.2, 0.25) is 0 Å². The van der Waals surface area contributed by atoms with E-state index in [9.17, 15) is 4.79 Å². The van der Waals surface area contributed by atoms with Crippen LogP contribution in [0.2, 0.25) is 0 Å². The fourth-order valence-corrected chi connectivity index (χ4v) is 1.94. The van der Waals surface area contributed by atoms with Crippen LogP contribution in [0.15, 0.2) is 18.5 Å². The summed E-state index contributed by atoms with van der Waals surface area (Å²) < 4.78 is 3.60. The van der Waals surface area contributed by atoms with Gasteiger partial charge in [0.05, 0.1) is 18.0 Å². The maximum absolute atomic E-state index is 12.1. The molecule has 0 aliphatic carbocycles. The molecule has 2 rings (SSSR count). The summed E-state index contributed by atoms with van der Waals surface area (Å²) in [6.07, 6.45) is 6.76. The number of allylic oxidation sites excluding steroid dienone is 1. The van der Waals surface area contributed by atoms with Gasteiger partial charge in [-0.1, -0.05) is 0 Å². The van der Waals surface area contributed by atoms with E-state index in [0.717, 1.165) is 23.5 Å². The summed E-state index contributed by atoms with van der Waals surface area (Å²) in [4.78, 5) is 12.1. The second kappa shape index (κ2) is 5.22. The molecule has 0 saturated heterocycles. The predicted molar refractivity (Wildman–Crippen MR) is 73.9 cm³/mol. The molecule has 0 unspecified atom stereocenters. The summed E-state index contributed by atoms with van der Waals surface area (Å²) in [7, 11) is 1.82. The van der Waals surface area contributed by atoms with E-state index in [1.807, 2.05) is 38.6 Å². The van der Waals surface area contributed by atoms with Crippen molar-refractivity contribution in [1.82, 2.24) is 19.6 Å². The maximum atomic E-state index is 12.1. The third-order valence-corrected chi connectivity index (χ3v) is 3.36. The molecule has 0 aliphatic rings. The van der Waals surface area contributed by atoms with E-state index in [0.29, 0.717) is 5.56 Å². The molecule has 19 heavy (non-hydrogen) atoms. The molecule has 0 saturated carbocycles. The van der Waals surface area contributed by atoms with E-state index in [1.54, 1.807) is 23.2 Å². The topological polar surface area (TPSA) is 52.7 Å². The monoisotopic (exact) mass is 258 g/mol. The summed E-state index contributed by atoms with van der Waals surface area (Å²) in [5.41, 5.74) is 3.54. The van der Waals surface area contributed by atoms with Crippen LogP contribution in [0, 0.1) is 13.8 Å². The third-order valence-electron chi connectivity index (χ3n) is 3.36. The summed E-state index contributed by atoms with van der Waals surface area (Å²) in [6.45, 7) is 6.75. The quantitative estimate of drug-likeness (QED) is 0.623. The number of hydrogen-bond donors (Lipinski definition) is 0. The van der Waals surface area contributed by atoms with Crippen molar-refractivity contribution in [3.8, 4) is 0 Å². The van der Waals surface area contributed by atoms with Crippen molar-refractivity contribution in [1.29, 1.82) is 0 Å². The van der Waals surface area contributed by atoms with Crippen LogP contribution < -0.4 is 0 Å². The van der Waals surface area contributed by atoms with Crippen LogP contribution in [0.3, 0.4) is 0 Å². The van der Waals surface area contributed by atoms with E-state index in [2.05, 4.69) is 10.2 Å². The Bertz CT molecular complexity index is 634. The SMILES string of the molecule is CCn1ncc(/C=C/C(=O)c2cnn(C)c2C)c1C. The number of rotatable bonds is 4. The number of carbonyl (C=O) groups is 1. The van der Waals surface area contributed by atoms with E-state index in [4.69, 9.17) is 0 Å². The predicted octanol–water partition coefficient (Wildman–Crippen LogP) is 2.15. The van der Waals surface area contributed by atoms with Gasteiger partial charge in [-0.05, 0) is 32.9 Å². The van der Waals surface area contributed by atoms with Crippen LogP contribution >= 0.6 is 0 Å². The molecule has 0 fully saturated rings. The summed E-state index contributed by atoms with van der Waals surface area (Å²) >= 11 is 0. The molecular weight excluding hydrogens is 240 g/mol. The van der Waals surface area contributed by atoms with Crippen molar-refractivity contribution in [2.24, 2.45) is 7.05 Å². The lowest BCUT2D eigenvalue weighted by molar-refractivity contribution is 0.104. The largest absolute Gasteiger partial charge is 0.289 e. The normalized spacial score (nSPS) is 11.4. The van der Waals surface area contributed by atoms with Crippen molar-refractivity contribution in [2.75, 3.05) is 0 Å². The number of aryl methyl sites for hydroxylation is 2. The number of hydrogen-bond acceptors (Lipinski definition) is 3. The molecule has 100 valence electrons. The highest BCUT2D eigenvalue weighted by Crippen LogP contribution is 2.12. The molecule has 2 aromatic rings. The van der Waals surface area contributed by atoms with Crippen molar-refractivity contribution in [3.63, 3.8) is 0 Å². The fraction of sp³-hybridized carbons (Fsp3) is 0.357. The molecule has 0 bridgehead atoms. The van der Waals surface area contributed by atoms with Gasteiger partial charge >= 0.3 is 0 Å². The van der Waals surface area contributed by atoms with E-state index in [-0.39, 0.29) is 5.78 Å². The van der Waals surface area contributed by atoms with Crippen LogP contribution in [0.5, 0.6) is 0 Å². The van der Waals surface area contributed by atoms with Gasteiger partial charge in [-0.2, -0.15) is 10.2 Å². The first-order valence-corrected chi connectivity index (χ1v) is 6.28. The van der Waals surface area contributed by atoms with Crippen LogP contribution in [0.25, 0.3) is 6.08 Å². The molecule has 0 radical (unpaired) electrons. The van der Waals surface area contributed by atoms with Crippen molar-refractivity contribution in [2.45, 2.75) is 27.3 Å². The van der Waals surface area contributed by atoms with Gasteiger partial charge in [-0.3, -0.25) is 14.2 Å². The lowest BCUT2D eigenvalue weighted by atomic mass is 10.1. The van der Waals surface area contributed by atoms with E-state index < -0.39 is 0 Å². The maximum Gasteiger partial charge on any atom is 0.189 e. The van der Waals surface area contributed by atoms with Crippen LogP contribution in [-0.2, 0) is 13.6 Å². The van der Waals surface area contributed by atoms with Crippen LogP contribution in [-0.4, -0.2) is 25.3 Å². The lowest BCUT2D eigenvalue weighted by Crippen LogP contribution is -1.99. The fourth-order valence-electron chi connectivity index (χ4n) is 1.94. The third kappa shape index (κ3) is 2.50. The standard InChI is InChI=1S/C14H18N4O/c1-5-18-10(2)12(8-16-18)6-7-14(19)13-9-15-17(4)11(13)3/h6-9H,5H2,1-4H3/b7-6+. The molecular formula is C14H18N4O.